The van der Waals surface area contributed by atoms with Crippen molar-refractivity contribution in [2.24, 2.45) is 7.05 Å². The van der Waals surface area contributed by atoms with E-state index >= 15 is 0 Å². The van der Waals surface area contributed by atoms with Gasteiger partial charge in [-0.05, 0) is 24.3 Å². The number of nitrogens with one attached hydrogen (secondary N) is 1. The van der Waals surface area contributed by atoms with E-state index in [9.17, 15) is 4.79 Å². The van der Waals surface area contributed by atoms with Crippen molar-refractivity contribution in [3.05, 3.63) is 48.4 Å². The minimum atomic E-state index is 0.110. The number of hydrogen-bond acceptors (Lipinski definition) is 3. The molecule has 1 N–H and O–H groups in total. The van der Waals surface area contributed by atoms with Crippen molar-refractivity contribution in [2.75, 3.05) is 31.1 Å². The zero-order valence-electron chi connectivity index (χ0n) is 13.1. The van der Waals surface area contributed by atoms with E-state index < -0.39 is 0 Å². The first kappa shape index (κ1) is 13.9. The molecule has 0 bridgehead atoms. The topological polar surface area (TPSA) is 57.2 Å². The normalized spacial score (nSPS) is 15.3. The summed E-state index contributed by atoms with van der Waals surface area (Å²) in [5.74, 6) is 0.110. The highest BCUT2D eigenvalue weighted by atomic mass is 16.2. The molecular weight excluding hydrogens is 290 g/mol. The molecule has 118 valence electrons. The van der Waals surface area contributed by atoms with Crippen LogP contribution in [0, 0.1) is 0 Å². The summed E-state index contributed by atoms with van der Waals surface area (Å²) in [6.45, 7) is 3.14. The fraction of sp³-hybridized carbons (Fsp3) is 0.294. The molecule has 0 radical (unpaired) electrons. The Labute approximate surface area is 134 Å². The van der Waals surface area contributed by atoms with Crippen LogP contribution in [0.4, 0.5) is 5.69 Å². The summed E-state index contributed by atoms with van der Waals surface area (Å²) in [5.41, 5.74) is 2.93. The molecule has 1 fully saturated rings. The van der Waals surface area contributed by atoms with E-state index in [-0.39, 0.29) is 5.91 Å². The Morgan fingerprint density at radius 3 is 2.74 bits per heavy atom. The molecule has 1 aliphatic heterocycles. The number of aromatic nitrogens is 3. The minimum absolute atomic E-state index is 0.110. The number of nitrogens with zero attached hydrogens (tertiary/aromatic N) is 4. The molecule has 6 nitrogen and oxygen atoms in total. The molecule has 4 rings (SSSR count). The van der Waals surface area contributed by atoms with Gasteiger partial charge in [0.05, 0.1) is 11.9 Å². The fourth-order valence-electron chi connectivity index (χ4n) is 3.11. The highest BCUT2D eigenvalue weighted by Gasteiger charge is 2.23. The van der Waals surface area contributed by atoms with Gasteiger partial charge in [-0.25, -0.2) is 0 Å². The lowest BCUT2D eigenvalue weighted by Gasteiger charge is -2.35. The first-order valence-corrected chi connectivity index (χ1v) is 7.81. The standard InChI is InChI=1S/C17H19N5O/c1-20-12-15(11-19-20)21-6-8-22(9-7-21)17(23)14-2-3-16-13(10-14)4-5-18-16/h2-5,10-12,18H,6-9H2,1H3. The Morgan fingerprint density at radius 1 is 1.17 bits per heavy atom. The van der Waals surface area contributed by atoms with Crippen LogP contribution in [0.25, 0.3) is 10.9 Å². The van der Waals surface area contributed by atoms with E-state index in [4.69, 9.17) is 0 Å². The molecule has 2 aromatic heterocycles. The lowest BCUT2D eigenvalue weighted by atomic mass is 10.1. The van der Waals surface area contributed by atoms with Gasteiger partial charge in [0.15, 0.2) is 0 Å². The average molecular weight is 309 g/mol. The third-order valence-electron chi connectivity index (χ3n) is 4.42. The smallest absolute Gasteiger partial charge is 0.253 e. The quantitative estimate of drug-likeness (QED) is 0.786. The summed E-state index contributed by atoms with van der Waals surface area (Å²) >= 11 is 0. The van der Waals surface area contributed by atoms with E-state index in [1.807, 2.05) is 54.8 Å². The zero-order chi connectivity index (χ0) is 15.8. The summed E-state index contributed by atoms with van der Waals surface area (Å²) in [7, 11) is 1.92. The van der Waals surface area contributed by atoms with E-state index in [0.29, 0.717) is 0 Å². The molecule has 0 atom stereocenters. The summed E-state index contributed by atoms with van der Waals surface area (Å²) in [5, 5.41) is 5.28. The number of carbonyl (C=O) groups excluding carboxylic acids is 1. The molecule has 0 unspecified atom stereocenters. The van der Waals surface area contributed by atoms with E-state index in [1.54, 1.807) is 4.68 Å². The van der Waals surface area contributed by atoms with Gasteiger partial charge in [-0.1, -0.05) is 0 Å². The number of aryl methyl sites for hydroxylation is 1. The second-order valence-electron chi connectivity index (χ2n) is 5.93. The maximum Gasteiger partial charge on any atom is 0.253 e. The molecule has 1 amide bonds. The fourth-order valence-corrected chi connectivity index (χ4v) is 3.11. The van der Waals surface area contributed by atoms with Crippen LogP contribution in [0.5, 0.6) is 0 Å². The molecule has 0 aliphatic carbocycles. The average Bonchev–Trinajstić information content (AvgIpc) is 3.22. The van der Waals surface area contributed by atoms with Gasteiger partial charge in [0, 0.05) is 62.1 Å². The van der Waals surface area contributed by atoms with Crippen LogP contribution in [0.1, 0.15) is 10.4 Å². The summed E-state index contributed by atoms with van der Waals surface area (Å²) in [6.07, 6.45) is 5.78. The van der Waals surface area contributed by atoms with Crippen molar-refractivity contribution in [3.8, 4) is 0 Å². The highest BCUT2D eigenvalue weighted by Crippen LogP contribution is 2.18. The molecular formula is C17H19N5O. The molecule has 3 heterocycles. The number of anilines is 1. The second kappa shape index (κ2) is 5.46. The maximum absolute atomic E-state index is 12.7. The Balaban J connectivity index is 1.46. The number of carbonyl (C=O) groups is 1. The molecule has 23 heavy (non-hydrogen) atoms. The van der Waals surface area contributed by atoms with Crippen molar-refractivity contribution in [1.29, 1.82) is 0 Å². The van der Waals surface area contributed by atoms with Gasteiger partial charge in [0.25, 0.3) is 5.91 Å². The molecule has 6 heteroatoms. The van der Waals surface area contributed by atoms with E-state index in [0.717, 1.165) is 48.3 Å². The molecule has 0 spiro atoms. The Morgan fingerprint density at radius 2 is 2.00 bits per heavy atom. The first-order chi connectivity index (χ1) is 11.2. The maximum atomic E-state index is 12.7. The van der Waals surface area contributed by atoms with Gasteiger partial charge in [-0.3, -0.25) is 9.48 Å². The van der Waals surface area contributed by atoms with Crippen molar-refractivity contribution in [2.45, 2.75) is 0 Å². The summed E-state index contributed by atoms with van der Waals surface area (Å²) in [4.78, 5) is 20.0. The molecule has 1 saturated heterocycles. The number of hydrogen-bond donors (Lipinski definition) is 1. The number of benzene rings is 1. The lowest BCUT2D eigenvalue weighted by Crippen LogP contribution is -2.48. The molecule has 1 aromatic carbocycles. The SMILES string of the molecule is Cn1cc(N2CCN(C(=O)c3ccc4[nH]ccc4c3)CC2)cn1. The van der Waals surface area contributed by atoms with Gasteiger partial charge >= 0.3 is 0 Å². The van der Waals surface area contributed by atoms with Crippen molar-refractivity contribution in [3.63, 3.8) is 0 Å². The predicted molar refractivity (Wildman–Crippen MR) is 89.6 cm³/mol. The molecule has 0 saturated carbocycles. The lowest BCUT2D eigenvalue weighted by molar-refractivity contribution is 0.0747. The summed E-state index contributed by atoms with van der Waals surface area (Å²) in [6, 6.07) is 7.82. The van der Waals surface area contributed by atoms with Gasteiger partial charge in [0.2, 0.25) is 0 Å². The highest BCUT2D eigenvalue weighted by molar-refractivity contribution is 5.98. The van der Waals surface area contributed by atoms with Crippen LogP contribution < -0.4 is 4.90 Å². The van der Waals surface area contributed by atoms with Gasteiger partial charge in [-0.2, -0.15) is 5.10 Å². The van der Waals surface area contributed by atoms with Crippen molar-refractivity contribution < 1.29 is 4.79 Å². The number of H-pyrrole nitrogens is 1. The minimum Gasteiger partial charge on any atom is -0.365 e. The first-order valence-electron chi connectivity index (χ1n) is 7.81. The van der Waals surface area contributed by atoms with Crippen LogP contribution in [0.3, 0.4) is 0 Å². The third-order valence-corrected chi connectivity index (χ3v) is 4.42. The number of rotatable bonds is 2. The van der Waals surface area contributed by atoms with Crippen molar-refractivity contribution in [1.82, 2.24) is 19.7 Å². The summed E-state index contributed by atoms with van der Waals surface area (Å²) < 4.78 is 1.80. The number of amides is 1. The monoisotopic (exact) mass is 309 g/mol. The van der Waals surface area contributed by atoms with E-state index in [1.165, 1.54) is 0 Å². The van der Waals surface area contributed by atoms with E-state index in [2.05, 4.69) is 15.0 Å². The predicted octanol–water partition coefficient (Wildman–Crippen LogP) is 1.86. The largest absolute Gasteiger partial charge is 0.365 e. The Kier molecular flexibility index (Phi) is 3.29. The van der Waals surface area contributed by atoms with Crippen LogP contribution in [0.15, 0.2) is 42.9 Å². The second-order valence-corrected chi connectivity index (χ2v) is 5.93. The van der Waals surface area contributed by atoms with Crippen LogP contribution in [-0.4, -0.2) is 51.8 Å². The third kappa shape index (κ3) is 2.56. The Hall–Kier alpha value is -2.76. The number of fused-ring (bicyclic) bond motifs is 1. The van der Waals surface area contributed by atoms with Crippen LogP contribution in [0.2, 0.25) is 0 Å². The Bertz CT molecular complexity index is 841. The van der Waals surface area contributed by atoms with Crippen LogP contribution >= 0.6 is 0 Å². The number of aromatic amines is 1. The zero-order valence-corrected chi connectivity index (χ0v) is 13.1. The van der Waals surface area contributed by atoms with Gasteiger partial charge < -0.3 is 14.8 Å². The number of piperazine rings is 1. The van der Waals surface area contributed by atoms with Gasteiger partial charge in [-0.15, -0.1) is 0 Å². The van der Waals surface area contributed by atoms with Crippen LogP contribution in [-0.2, 0) is 7.05 Å². The molecule has 3 aromatic rings. The van der Waals surface area contributed by atoms with Gasteiger partial charge in [0.1, 0.15) is 0 Å². The van der Waals surface area contributed by atoms with Crippen molar-refractivity contribution >= 4 is 22.5 Å². The molecule has 1 aliphatic rings.